The van der Waals surface area contributed by atoms with E-state index >= 15 is 0 Å². The predicted octanol–water partition coefficient (Wildman–Crippen LogP) is 6.84. The van der Waals surface area contributed by atoms with Crippen LogP contribution in [0.4, 0.5) is 17.2 Å². The summed E-state index contributed by atoms with van der Waals surface area (Å²) >= 11 is 0. The van der Waals surface area contributed by atoms with E-state index in [2.05, 4.69) is 42.3 Å². The summed E-state index contributed by atoms with van der Waals surface area (Å²) in [6.45, 7) is 9.20. The molecular weight excluding hydrogens is 514 g/mol. The standard InChI is InChI=1S/C33H39N5O3/c1-4-24(21-23(3)15-16-34)31(35)30-28(25-11-13-27(14-12-25)38-17-19-40-20-18-38)22-29(33(39)41-5-2)37-32(30)36-26-9-7-6-8-10-26/h6-14,22-24,35H,4-5,15,17-21H2,1-3H3,(H,36,37). The molecule has 2 N–H and O–H groups in total. The van der Waals surface area contributed by atoms with Crippen molar-refractivity contribution in [3.8, 4) is 17.2 Å². The number of hydrogen-bond acceptors (Lipinski definition) is 8. The molecule has 1 aromatic heterocycles. The highest BCUT2D eigenvalue weighted by Crippen LogP contribution is 2.36. The normalized spacial score (nSPS) is 14.5. The number of esters is 1. The lowest BCUT2D eigenvalue weighted by Crippen LogP contribution is -2.36. The lowest BCUT2D eigenvalue weighted by atomic mass is 9.83. The van der Waals surface area contributed by atoms with Gasteiger partial charge in [0.1, 0.15) is 5.82 Å². The van der Waals surface area contributed by atoms with Crippen LogP contribution in [0.25, 0.3) is 11.1 Å². The van der Waals surface area contributed by atoms with E-state index < -0.39 is 5.97 Å². The van der Waals surface area contributed by atoms with E-state index in [0.717, 1.165) is 42.0 Å². The number of nitriles is 1. The molecule has 1 aliphatic rings. The van der Waals surface area contributed by atoms with Crippen molar-refractivity contribution in [2.45, 2.75) is 40.0 Å². The SMILES string of the molecule is CCOC(=O)c1cc(-c2ccc(N3CCOCC3)cc2)c(C(=N)C(CC)CC(C)CC#N)c(Nc2ccccc2)n1. The number of para-hydroxylation sites is 1. The Hall–Kier alpha value is -4.22. The summed E-state index contributed by atoms with van der Waals surface area (Å²) in [5.41, 5.74) is 4.79. The summed E-state index contributed by atoms with van der Waals surface area (Å²) in [5, 5.41) is 22.1. The van der Waals surface area contributed by atoms with Crippen LogP contribution in [0.1, 0.15) is 56.1 Å². The number of carbonyl (C=O) groups excluding carboxylic acids is 1. The van der Waals surface area contributed by atoms with Gasteiger partial charge in [-0.05, 0) is 67.1 Å². The number of hydrogen-bond donors (Lipinski definition) is 2. The summed E-state index contributed by atoms with van der Waals surface area (Å²) in [6.07, 6.45) is 1.89. The van der Waals surface area contributed by atoms with Gasteiger partial charge in [0, 0.05) is 48.1 Å². The molecule has 4 rings (SSSR count). The summed E-state index contributed by atoms with van der Waals surface area (Å²) in [5.74, 6) is -0.0110. The lowest BCUT2D eigenvalue weighted by Gasteiger charge is -2.29. The van der Waals surface area contributed by atoms with Crippen LogP contribution in [-0.4, -0.2) is 49.6 Å². The molecule has 3 aromatic rings. The number of morpholine rings is 1. The summed E-state index contributed by atoms with van der Waals surface area (Å²) in [6, 6.07) is 21.9. The maximum atomic E-state index is 13.0. The number of carbonyl (C=O) groups is 1. The van der Waals surface area contributed by atoms with Gasteiger partial charge in [-0.15, -0.1) is 0 Å². The van der Waals surface area contributed by atoms with Gasteiger partial charge in [0.25, 0.3) is 0 Å². The van der Waals surface area contributed by atoms with Crippen LogP contribution >= 0.6 is 0 Å². The average Bonchev–Trinajstić information content (AvgIpc) is 3.00. The molecule has 0 bridgehead atoms. The van der Waals surface area contributed by atoms with E-state index in [9.17, 15) is 15.5 Å². The summed E-state index contributed by atoms with van der Waals surface area (Å²) in [4.78, 5) is 20.0. The molecule has 1 aliphatic heterocycles. The molecule has 214 valence electrons. The van der Waals surface area contributed by atoms with Gasteiger partial charge >= 0.3 is 5.97 Å². The van der Waals surface area contributed by atoms with E-state index in [4.69, 9.17) is 14.5 Å². The second-order valence-corrected chi connectivity index (χ2v) is 10.4. The highest BCUT2D eigenvalue weighted by molar-refractivity contribution is 6.10. The first-order valence-electron chi connectivity index (χ1n) is 14.4. The molecule has 2 unspecified atom stereocenters. The number of ether oxygens (including phenoxy) is 2. The molecule has 0 amide bonds. The number of nitrogens with one attached hydrogen (secondary N) is 2. The fourth-order valence-electron chi connectivity index (χ4n) is 5.19. The van der Waals surface area contributed by atoms with Crippen LogP contribution in [0.15, 0.2) is 60.7 Å². The minimum Gasteiger partial charge on any atom is -0.461 e. The van der Waals surface area contributed by atoms with Crippen molar-refractivity contribution in [1.82, 2.24) is 4.98 Å². The van der Waals surface area contributed by atoms with E-state index in [1.54, 1.807) is 13.0 Å². The number of anilines is 3. The fourth-order valence-corrected chi connectivity index (χ4v) is 5.19. The third kappa shape index (κ3) is 7.50. The van der Waals surface area contributed by atoms with Crippen molar-refractivity contribution in [2.75, 3.05) is 43.1 Å². The Morgan fingerprint density at radius 1 is 1.15 bits per heavy atom. The maximum absolute atomic E-state index is 13.0. The molecule has 8 nitrogen and oxygen atoms in total. The molecular formula is C33H39N5O3. The molecule has 0 saturated carbocycles. The van der Waals surface area contributed by atoms with Gasteiger partial charge in [0.2, 0.25) is 0 Å². The van der Waals surface area contributed by atoms with Gasteiger partial charge in [0.05, 0.1) is 25.9 Å². The Morgan fingerprint density at radius 2 is 1.85 bits per heavy atom. The molecule has 8 heteroatoms. The van der Waals surface area contributed by atoms with E-state index in [-0.39, 0.29) is 24.1 Å². The molecule has 2 atom stereocenters. The smallest absolute Gasteiger partial charge is 0.357 e. The number of benzene rings is 2. The second-order valence-electron chi connectivity index (χ2n) is 10.4. The van der Waals surface area contributed by atoms with Crippen molar-refractivity contribution in [2.24, 2.45) is 11.8 Å². The highest BCUT2D eigenvalue weighted by atomic mass is 16.5. The lowest BCUT2D eigenvalue weighted by molar-refractivity contribution is 0.0519. The Labute approximate surface area is 242 Å². The highest BCUT2D eigenvalue weighted by Gasteiger charge is 2.27. The number of rotatable bonds is 12. The monoisotopic (exact) mass is 553 g/mol. The van der Waals surface area contributed by atoms with Crippen molar-refractivity contribution in [1.29, 1.82) is 10.7 Å². The van der Waals surface area contributed by atoms with Crippen molar-refractivity contribution >= 4 is 28.9 Å². The fraction of sp³-hybridized carbons (Fsp3) is 0.394. The zero-order chi connectivity index (χ0) is 29.2. The quantitative estimate of drug-likeness (QED) is 0.187. The van der Waals surface area contributed by atoms with E-state index in [1.165, 1.54) is 0 Å². The first-order chi connectivity index (χ1) is 19.9. The molecule has 1 saturated heterocycles. The van der Waals surface area contributed by atoms with Gasteiger partial charge in [-0.1, -0.05) is 44.2 Å². The molecule has 0 spiro atoms. The maximum Gasteiger partial charge on any atom is 0.357 e. The van der Waals surface area contributed by atoms with E-state index in [0.29, 0.717) is 43.1 Å². The van der Waals surface area contributed by atoms with Gasteiger partial charge in [-0.25, -0.2) is 9.78 Å². The number of aromatic nitrogens is 1. The van der Waals surface area contributed by atoms with Crippen molar-refractivity contribution < 1.29 is 14.3 Å². The second kappa shape index (κ2) is 14.4. The Balaban J connectivity index is 1.86. The molecule has 41 heavy (non-hydrogen) atoms. The van der Waals surface area contributed by atoms with Crippen LogP contribution in [0, 0.1) is 28.6 Å². The largest absolute Gasteiger partial charge is 0.461 e. The van der Waals surface area contributed by atoms with Crippen LogP contribution in [0.2, 0.25) is 0 Å². The molecule has 1 fully saturated rings. The first kappa shape index (κ1) is 29.8. The molecule has 2 heterocycles. The van der Waals surface area contributed by atoms with E-state index in [1.807, 2.05) is 42.5 Å². The zero-order valence-corrected chi connectivity index (χ0v) is 24.2. The van der Waals surface area contributed by atoms with Gasteiger partial charge in [0.15, 0.2) is 5.69 Å². The van der Waals surface area contributed by atoms with Crippen molar-refractivity contribution in [3.05, 3.63) is 71.9 Å². The molecule has 0 radical (unpaired) electrons. The van der Waals surface area contributed by atoms with Crippen LogP contribution in [0.5, 0.6) is 0 Å². The van der Waals surface area contributed by atoms with Gasteiger partial charge < -0.3 is 25.1 Å². The number of nitrogens with zero attached hydrogens (tertiary/aromatic N) is 3. The van der Waals surface area contributed by atoms with Crippen LogP contribution in [0.3, 0.4) is 0 Å². The Kier molecular flexibility index (Phi) is 10.5. The minimum atomic E-state index is -0.512. The molecule has 0 aliphatic carbocycles. The molecule has 2 aromatic carbocycles. The van der Waals surface area contributed by atoms with Crippen LogP contribution < -0.4 is 10.2 Å². The topological polar surface area (TPSA) is 111 Å². The van der Waals surface area contributed by atoms with Gasteiger partial charge in [-0.2, -0.15) is 5.26 Å². The predicted molar refractivity (Wildman–Crippen MR) is 163 cm³/mol. The summed E-state index contributed by atoms with van der Waals surface area (Å²) < 4.78 is 10.8. The Morgan fingerprint density at radius 3 is 2.49 bits per heavy atom. The first-order valence-corrected chi connectivity index (χ1v) is 14.4. The number of pyridine rings is 1. The summed E-state index contributed by atoms with van der Waals surface area (Å²) in [7, 11) is 0. The van der Waals surface area contributed by atoms with Crippen LogP contribution in [-0.2, 0) is 9.47 Å². The average molecular weight is 554 g/mol. The van der Waals surface area contributed by atoms with Crippen molar-refractivity contribution in [3.63, 3.8) is 0 Å². The third-order valence-corrected chi connectivity index (χ3v) is 7.39. The minimum absolute atomic E-state index is 0.0868. The van der Waals surface area contributed by atoms with Gasteiger partial charge in [-0.3, -0.25) is 0 Å². The zero-order valence-electron chi connectivity index (χ0n) is 24.2. The third-order valence-electron chi connectivity index (χ3n) is 7.39. The Bertz CT molecular complexity index is 1360.